The summed E-state index contributed by atoms with van der Waals surface area (Å²) in [6.07, 6.45) is 6.00. The Hall–Kier alpha value is -2.85. The van der Waals surface area contributed by atoms with E-state index in [1.54, 1.807) is 0 Å². The van der Waals surface area contributed by atoms with Gasteiger partial charge in [-0.3, -0.25) is 9.78 Å². The normalized spacial score (nSPS) is 12.2. The Morgan fingerprint density at radius 1 is 0.918 bits per heavy atom. The van der Waals surface area contributed by atoms with Crippen LogP contribution in [-0.2, 0) is 36.7 Å². The van der Waals surface area contributed by atoms with E-state index in [-0.39, 0.29) is 48.9 Å². The number of rotatable bonds is 10. The van der Waals surface area contributed by atoms with E-state index < -0.39 is 0 Å². The summed E-state index contributed by atoms with van der Waals surface area (Å²) < 4.78 is 1.36. The Balaban J connectivity index is 0.000000347. The number of thiophene rings is 1. The summed E-state index contributed by atoms with van der Waals surface area (Å²) in [4.78, 5) is 18.4. The molecule has 1 radical (unpaired) electrons. The molecule has 3 aromatic carbocycles. The maximum absolute atomic E-state index is 11.7. The third-order valence-electron chi connectivity index (χ3n) is 9.49. The summed E-state index contributed by atoms with van der Waals surface area (Å²) in [7, 11) is 0. The molecule has 49 heavy (non-hydrogen) atoms. The average Bonchev–Trinajstić information content (AvgIpc) is 3.43. The van der Waals surface area contributed by atoms with Gasteiger partial charge >= 0.3 is 0 Å². The summed E-state index contributed by atoms with van der Waals surface area (Å²) >= 11 is 1.94. The molecule has 0 unspecified atom stereocenters. The third kappa shape index (κ3) is 9.48. The van der Waals surface area contributed by atoms with Crippen molar-refractivity contribution in [2.45, 2.75) is 114 Å². The first-order valence-corrected chi connectivity index (χ1v) is 18.8. The molecule has 0 fully saturated rings. The van der Waals surface area contributed by atoms with Gasteiger partial charge in [0.15, 0.2) is 5.78 Å². The molecule has 2 heterocycles. The Labute approximate surface area is 313 Å². The monoisotopic (exact) mass is 855 g/mol. The molecular formula is C44H56IrNO2S-. The number of nitrogens with zero attached hydrogens (tertiary/aromatic N) is 1. The minimum atomic E-state index is 0. The Bertz CT molecular complexity index is 1920. The third-order valence-corrected chi connectivity index (χ3v) is 10.7. The molecule has 3 nitrogen and oxygen atoms in total. The zero-order valence-electron chi connectivity index (χ0n) is 31.5. The first-order valence-electron chi connectivity index (χ1n) is 18.0. The molecule has 0 aliphatic carbocycles. The molecule has 0 atom stereocenters. The standard InChI is InChI=1S/C31H32NS.C13H24O2.Ir/c1-18(2)12-23-17-25-29(32-27-14-19(3)13-20(4)28(27)30(25)33-23)22-15-21-10-8-9-11-24(21)26(16-22)31(5,6)7;1-5-10(6-2)12(14)9-13(15)11(7-3)8-4;/h8-11,13-14,16-18H,12H2,1-7H3;9-11,14H,5-8H2,1-4H3;/q-1;;/b;12-9-;. The van der Waals surface area contributed by atoms with Gasteiger partial charge in [-0.1, -0.05) is 97.5 Å². The quantitative estimate of drug-likeness (QED) is 0.0865. The van der Waals surface area contributed by atoms with Crippen molar-refractivity contribution in [3.63, 3.8) is 0 Å². The minimum Gasteiger partial charge on any atom is -0.512 e. The van der Waals surface area contributed by atoms with E-state index in [0.29, 0.717) is 5.92 Å². The van der Waals surface area contributed by atoms with E-state index in [1.807, 2.05) is 39.0 Å². The fraction of sp³-hybridized carbons (Fsp3) is 0.455. The van der Waals surface area contributed by atoms with Gasteiger partial charge in [-0.05, 0) is 85.9 Å². The SMILES string of the molecule is CCC(CC)C(=O)/C=C(\O)C(CC)CC.Cc1cc(C)c2c(c1)nc(-c1[c-]c3ccccc3c(C(C)(C)C)c1)c1cc(CC(C)C)sc12.[Ir]. The number of aliphatic hydroxyl groups excluding tert-OH is 1. The summed E-state index contributed by atoms with van der Waals surface area (Å²) in [5.74, 6) is 1.18. The number of carbonyl (C=O) groups is 1. The molecule has 1 N–H and O–H groups in total. The van der Waals surface area contributed by atoms with Gasteiger partial charge in [0.25, 0.3) is 0 Å². The maximum atomic E-state index is 11.7. The van der Waals surface area contributed by atoms with Crippen molar-refractivity contribution in [3.05, 3.63) is 88.0 Å². The van der Waals surface area contributed by atoms with Crippen LogP contribution in [0.25, 0.3) is 43.0 Å². The summed E-state index contributed by atoms with van der Waals surface area (Å²) in [6.45, 7) is 23.9. The molecule has 0 saturated heterocycles. The van der Waals surface area contributed by atoms with E-state index in [2.05, 4.69) is 103 Å². The molecule has 5 rings (SSSR count). The van der Waals surface area contributed by atoms with Crippen molar-refractivity contribution in [3.8, 4) is 11.3 Å². The minimum absolute atomic E-state index is 0. The number of allylic oxidation sites excluding steroid dienone is 2. The number of aryl methyl sites for hydroxylation is 2. The molecule has 0 saturated carbocycles. The van der Waals surface area contributed by atoms with Gasteiger partial charge in [0.05, 0.1) is 11.3 Å². The number of pyridine rings is 1. The van der Waals surface area contributed by atoms with Crippen molar-refractivity contribution in [1.82, 2.24) is 4.98 Å². The van der Waals surface area contributed by atoms with Crippen LogP contribution in [0.1, 0.15) is 110 Å². The van der Waals surface area contributed by atoms with Crippen molar-refractivity contribution < 1.29 is 30.0 Å². The van der Waals surface area contributed by atoms with E-state index in [0.717, 1.165) is 54.3 Å². The van der Waals surface area contributed by atoms with Crippen LogP contribution in [0.2, 0.25) is 0 Å². The second kappa shape index (κ2) is 17.4. The zero-order chi connectivity index (χ0) is 35.3. The molecule has 0 spiro atoms. The van der Waals surface area contributed by atoms with Gasteiger partial charge in [-0.15, -0.1) is 40.5 Å². The summed E-state index contributed by atoms with van der Waals surface area (Å²) in [5.41, 5.74) is 7.19. The fourth-order valence-corrected chi connectivity index (χ4v) is 8.27. The first kappa shape index (κ1) is 40.6. The van der Waals surface area contributed by atoms with Crippen LogP contribution in [0.3, 0.4) is 0 Å². The number of carbonyl (C=O) groups excluding carboxylic acids is 1. The summed E-state index contributed by atoms with van der Waals surface area (Å²) in [5, 5.41) is 14.8. The molecule has 5 aromatic rings. The van der Waals surface area contributed by atoms with Crippen LogP contribution in [0.4, 0.5) is 0 Å². The van der Waals surface area contributed by atoms with E-state index in [4.69, 9.17) is 4.98 Å². The van der Waals surface area contributed by atoms with E-state index in [1.165, 1.54) is 48.5 Å². The van der Waals surface area contributed by atoms with Gasteiger partial charge in [-0.25, -0.2) is 0 Å². The van der Waals surface area contributed by atoms with Gasteiger partial charge in [0, 0.05) is 58.7 Å². The van der Waals surface area contributed by atoms with Gasteiger partial charge < -0.3 is 5.11 Å². The van der Waals surface area contributed by atoms with Crippen LogP contribution >= 0.6 is 11.3 Å². The molecule has 5 heteroatoms. The number of fused-ring (bicyclic) bond motifs is 4. The Kier molecular flexibility index (Phi) is 14.4. The molecule has 0 aliphatic heterocycles. The van der Waals surface area contributed by atoms with Crippen molar-refractivity contribution >= 4 is 48.9 Å². The number of aromatic nitrogens is 1. The molecule has 265 valence electrons. The van der Waals surface area contributed by atoms with Crippen molar-refractivity contribution in [2.75, 3.05) is 0 Å². The van der Waals surface area contributed by atoms with E-state index >= 15 is 0 Å². The van der Waals surface area contributed by atoms with Gasteiger partial charge in [0.1, 0.15) is 0 Å². The number of ketones is 1. The number of hydrogen-bond donors (Lipinski definition) is 1. The number of hydrogen-bond acceptors (Lipinski definition) is 4. The van der Waals surface area contributed by atoms with Gasteiger partial charge in [-0.2, -0.15) is 0 Å². The van der Waals surface area contributed by atoms with Crippen LogP contribution in [0, 0.1) is 37.7 Å². The largest absolute Gasteiger partial charge is 0.512 e. The second-order valence-electron chi connectivity index (χ2n) is 14.9. The molecular weight excluding hydrogens is 799 g/mol. The number of aliphatic hydroxyl groups is 1. The van der Waals surface area contributed by atoms with Crippen LogP contribution in [-0.4, -0.2) is 15.9 Å². The number of benzene rings is 3. The molecule has 0 aliphatic rings. The second-order valence-corrected chi connectivity index (χ2v) is 16.0. The molecule has 0 bridgehead atoms. The predicted molar refractivity (Wildman–Crippen MR) is 209 cm³/mol. The average molecular weight is 855 g/mol. The smallest absolute Gasteiger partial charge is 0.162 e. The predicted octanol–water partition coefficient (Wildman–Crippen LogP) is 13.1. The van der Waals surface area contributed by atoms with Crippen LogP contribution in [0.15, 0.2) is 60.4 Å². The van der Waals surface area contributed by atoms with Gasteiger partial charge in [0.2, 0.25) is 0 Å². The first-order chi connectivity index (χ1) is 22.7. The Morgan fingerprint density at radius 2 is 1.55 bits per heavy atom. The van der Waals surface area contributed by atoms with Crippen molar-refractivity contribution in [2.24, 2.45) is 17.8 Å². The summed E-state index contributed by atoms with van der Waals surface area (Å²) in [6, 6.07) is 21.6. The van der Waals surface area contributed by atoms with Crippen LogP contribution < -0.4 is 0 Å². The van der Waals surface area contributed by atoms with Crippen molar-refractivity contribution in [1.29, 1.82) is 0 Å². The maximum Gasteiger partial charge on any atom is 0.162 e. The zero-order valence-corrected chi connectivity index (χ0v) is 34.7. The molecule has 0 amide bonds. The fourth-order valence-electron chi connectivity index (χ4n) is 6.78. The molecule has 2 aromatic heterocycles. The van der Waals surface area contributed by atoms with E-state index in [9.17, 15) is 9.90 Å². The Morgan fingerprint density at radius 3 is 2.14 bits per heavy atom. The van der Waals surface area contributed by atoms with Crippen LogP contribution in [0.5, 0.6) is 0 Å². The topological polar surface area (TPSA) is 50.2 Å².